The van der Waals surface area contributed by atoms with Crippen molar-refractivity contribution >= 4 is 5.91 Å². The van der Waals surface area contributed by atoms with Crippen molar-refractivity contribution in [2.75, 3.05) is 13.2 Å². The first kappa shape index (κ1) is 10.9. The van der Waals surface area contributed by atoms with Gasteiger partial charge in [-0.25, -0.2) is 0 Å². The van der Waals surface area contributed by atoms with Gasteiger partial charge in [0.2, 0.25) is 5.91 Å². The van der Waals surface area contributed by atoms with E-state index in [1.807, 2.05) is 11.8 Å². The molecule has 86 valence electrons. The van der Waals surface area contributed by atoms with Crippen molar-refractivity contribution in [1.82, 2.24) is 10.2 Å². The Morgan fingerprint density at radius 3 is 2.67 bits per heavy atom. The maximum absolute atomic E-state index is 12.1. The number of nitrogens with zero attached hydrogens (tertiary/aromatic N) is 1. The molecule has 1 aliphatic carbocycles. The molecule has 2 fully saturated rings. The van der Waals surface area contributed by atoms with Gasteiger partial charge in [0.1, 0.15) is 0 Å². The van der Waals surface area contributed by atoms with E-state index in [-0.39, 0.29) is 5.54 Å². The molecule has 1 amide bonds. The second-order valence-corrected chi connectivity index (χ2v) is 5.20. The van der Waals surface area contributed by atoms with Crippen LogP contribution < -0.4 is 5.32 Å². The Hall–Kier alpha value is -0.570. The van der Waals surface area contributed by atoms with Gasteiger partial charge in [-0.15, -0.1) is 0 Å². The lowest BCUT2D eigenvalue weighted by atomic mass is 9.99. The number of carbonyl (C=O) groups excluding carboxylic acids is 1. The summed E-state index contributed by atoms with van der Waals surface area (Å²) in [7, 11) is 0. The van der Waals surface area contributed by atoms with Gasteiger partial charge in [-0.2, -0.15) is 0 Å². The summed E-state index contributed by atoms with van der Waals surface area (Å²) in [4.78, 5) is 14.1. The molecule has 1 heterocycles. The van der Waals surface area contributed by atoms with E-state index in [1.165, 1.54) is 25.7 Å². The van der Waals surface area contributed by atoms with Gasteiger partial charge in [0.25, 0.3) is 0 Å². The molecule has 0 spiro atoms. The van der Waals surface area contributed by atoms with Crippen LogP contribution in [-0.4, -0.2) is 29.6 Å². The molecular weight excluding hydrogens is 188 g/mol. The molecule has 1 saturated carbocycles. The second-order valence-electron chi connectivity index (χ2n) is 5.20. The Morgan fingerprint density at radius 2 is 2.13 bits per heavy atom. The largest absolute Gasteiger partial charge is 0.328 e. The minimum absolute atomic E-state index is 0.293. The van der Waals surface area contributed by atoms with Crippen molar-refractivity contribution in [3.63, 3.8) is 0 Å². The fourth-order valence-electron chi connectivity index (χ4n) is 2.69. The van der Waals surface area contributed by atoms with Crippen LogP contribution >= 0.6 is 0 Å². The van der Waals surface area contributed by atoms with Gasteiger partial charge in [0.05, 0.1) is 12.2 Å². The summed E-state index contributed by atoms with van der Waals surface area (Å²) in [6, 6.07) is 0. The smallest absolute Gasteiger partial charge is 0.243 e. The van der Waals surface area contributed by atoms with E-state index in [9.17, 15) is 4.79 Å². The molecule has 0 aromatic heterocycles. The topological polar surface area (TPSA) is 32.3 Å². The zero-order valence-corrected chi connectivity index (χ0v) is 9.88. The third kappa shape index (κ3) is 2.03. The van der Waals surface area contributed by atoms with Crippen molar-refractivity contribution in [3.05, 3.63) is 0 Å². The molecule has 3 heteroatoms. The molecule has 0 bridgehead atoms. The monoisotopic (exact) mass is 210 g/mol. The van der Waals surface area contributed by atoms with Crippen LogP contribution in [0.4, 0.5) is 0 Å². The lowest BCUT2D eigenvalue weighted by Crippen LogP contribution is -2.43. The minimum atomic E-state index is -0.293. The van der Waals surface area contributed by atoms with Crippen LogP contribution in [0.15, 0.2) is 0 Å². The van der Waals surface area contributed by atoms with E-state index < -0.39 is 0 Å². The predicted molar refractivity (Wildman–Crippen MR) is 60.4 cm³/mol. The van der Waals surface area contributed by atoms with E-state index in [0.29, 0.717) is 5.91 Å². The number of amides is 1. The highest BCUT2D eigenvalue weighted by molar-refractivity contribution is 5.87. The number of hydrogen-bond donors (Lipinski definition) is 1. The Labute approximate surface area is 92.2 Å². The van der Waals surface area contributed by atoms with Crippen LogP contribution in [0.2, 0.25) is 0 Å². The van der Waals surface area contributed by atoms with Crippen LogP contribution in [-0.2, 0) is 4.79 Å². The number of carbonyl (C=O) groups is 1. The summed E-state index contributed by atoms with van der Waals surface area (Å²) < 4.78 is 0. The summed E-state index contributed by atoms with van der Waals surface area (Å²) in [6.07, 6.45) is 6.21. The normalized spacial score (nSPS) is 32.9. The maximum Gasteiger partial charge on any atom is 0.243 e. The van der Waals surface area contributed by atoms with Crippen LogP contribution in [0.5, 0.6) is 0 Å². The average molecular weight is 210 g/mol. The molecule has 2 aliphatic rings. The predicted octanol–water partition coefficient (Wildman–Crippen LogP) is 1.73. The van der Waals surface area contributed by atoms with E-state index in [2.05, 4.69) is 12.2 Å². The lowest BCUT2D eigenvalue weighted by Gasteiger charge is -2.22. The third-order valence-electron chi connectivity index (χ3n) is 4.08. The third-order valence-corrected chi connectivity index (χ3v) is 4.08. The van der Waals surface area contributed by atoms with Gasteiger partial charge in [-0.1, -0.05) is 19.8 Å². The van der Waals surface area contributed by atoms with E-state index in [0.717, 1.165) is 25.6 Å². The molecule has 1 saturated heterocycles. The van der Waals surface area contributed by atoms with Crippen molar-refractivity contribution in [3.8, 4) is 0 Å². The number of nitrogens with one attached hydrogen (secondary N) is 1. The molecule has 0 radical (unpaired) electrons. The van der Waals surface area contributed by atoms with Crippen molar-refractivity contribution in [1.29, 1.82) is 0 Å². The summed E-state index contributed by atoms with van der Waals surface area (Å²) in [5.41, 5.74) is -0.293. The molecule has 1 aliphatic heterocycles. The highest BCUT2D eigenvalue weighted by atomic mass is 16.2. The summed E-state index contributed by atoms with van der Waals surface area (Å²) >= 11 is 0. The zero-order chi connectivity index (χ0) is 10.9. The van der Waals surface area contributed by atoms with Crippen LogP contribution in [0.25, 0.3) is 0 Å². The first-order valence-electron chi connectivity index (χ1n) is 6.20. The quantitative estimate of drug-likeness (QED) is 0.769. The van der Waals surface area contributed by atoms with Gasteiger partial charge in [-0.05, 0) is 32.1 Å². The van der Waals surface area contributed by atoms with Gasteiger partial charge in [-0.3, -0.25) is 10.1 Å². The second kappa shape index (κ2) is 4.12. The lowest BCUT2D eigenvalue weighted by molar-refractivity contribution is -0.132. The highest BCUT2D eigenvalue weighted by Gasteiger charge is 2.41. The molecule has 1 N–H and O–H groups in total. The van der Waals surface area contributed by atoms with E-state index in [4.69, 9.17) is 0 Å². The summed E-state index contributed by atoms with van der Waals surface area (Å²) in [6.45, 7) is 5.81. The Balaban J connectivity index is 1.92. The fourth-order valence-corrected chi connectivity index (χ4v) is 2.69. The highest BCUT2D eigenvalue weighted by Crippen LogP contribution is 2.28. The number of rotatable bonds is 3. The van der Waals surface area contributed by atoms with Crippen LogP contribution in [0, 0.1) is 5.92 Å². The molecule has 0 aromatic rings. The van der Waals surface area contributed by atoms with Crippen molar-refractivity contribution < 1.29 is 4.79 Å². The number of hydrogen-bond acceptors (Lipinski definition) is 2. The molecule has 1 atom stereocenters. The molecular formula is C12H22N2O. The van der Waals surface area contributed by atoms with Gasteiger partial charge >= 0.3 is 0 Å². The van der Waals surface area contributed by atoms with Gasteiger partial charge in [0.15, 0.2) is 0 Å². The van der Waals surface area contributed by atoms with Gasteiger partial charge in [0, 0.05) is 6.54 Å². The SMILES string of the molecule is CCC1(C)NCN(CC2CCCC2)C1=O. The van der Waals surface area contributed by atoms with Gasteiger partial charge < -0.3 is 4.90 Å². The molecule has 15 heavy (non-hydrogen) atoms. The molecule has 1 unspecified atom stereocenters. The summed E-state index contributed by atoms with van der Waals surface area (Å²) in [5.74, 6) is 1.06. The van der Waals surface area contributed by atoms with E-state index in [1.54, 1.807) is 0 Å². The minimum Gasteiger partial charge on any atom is -0.328 e. The van der Waals surface area contributed by atoms with Crippen LogP contribution in [0.3, 0.4) is 0 Å². The first-order valence-corrected chi connectivity index (χ1v) is 6.20. The van der Waals surface area contributed by atoms with Crippen LogP contribution in [0.1, 0.15) is 46.0 Å². The Morgan fingerprint density at radius 1 is 1.47 bits per heavy atom. The standard InChI is InChI=1S/C12H22N2O/c1-3-12(2)11(15)14(9-13-12)8-10-6-4-5-7-10/h10,13H,3-9H2,1-2H3. The molecule has 0 aromatic carbocycles. The Bertz CT molecular complexity index is 248. The summed E-state index contributed by atoms with van der Waals surface area (Å²) in [5, 5.41) is 3.33. The zero-order valence-electron chi connectivity index (χ0n) is 9.88. The first-order chi connectivity index (χ1) is 7.15. The van der Waals surface area contributed by atoms with Crippen molar-refractivity contribution in [2.24, 2.45) is 5.92 Å². The molecule has 2 rings (SSSR count). The Kier molecular flexibility index (Phi) is 3.01. The maximum atomic E-state index is 12.1. The average Bonchev–Trinajstić information content (AvgIpc) is 2.83. The molecule has 3 nitrogen and oxygen atoms in total. The fraction of sp³-hybridized carbons (Fsp3) is 0.917. The van der Waals surface area contributed by atoms with E-state index >= 15 is 0 Å². The van der Waals surface area contributed by atoms with Crippen molar-refractivity contribution in [2.45, 2.75) is 51.5 Å².